The first-order valence-electron chi connectivity index (χ1n) is 3.56. The van der Waals surface area contributed by atoms with Crippen LogP contribution in [-0.4, -0.2) is 3.97 Å². The van der Waals surface area contributed by atoms with Crippen LogP contribution in [0.3, 0.4) is 0 Å². The van der Waals surface area contributed by atoms with Gasteiger partial charge in [0.15, 0.2) is 0 Å². The molecule has 0 aliphatic rings. The first-order chi connectivity index (χ1) is 5.15. The molecular formula is C8H11NOS. The zero-order valence-electron chi connectivity index (χ0n) is 6.66. The van der Waals surface area contributed by atoms with Crippen LogP contribution in [-0.2, 0) is 6.42 Å². The third-order valence-corrected chi connectivity index (χ3v) is 1.89. The van der Waals surface area contributed by atoms with Gasteiger partial charge >= 0.3 is 0 Å². The molecular weight excluding hydrogens is 158 g/mol. The molecule has 0 amide bonds. The van der Waals surface area contributed by atoms with Gasteiger partial charge in [-0.05, 0) is 25.0 Å². The van der Waals surface area contributed by atoms with Gasteiger partial charge in [0.1, 0.15) is 0 Å². The summed E-state index contributed by atoms with van der Waals surface area (Å²) in [5.74, 6) is 0. The SMILES string of the molecule is CCc1cc(C)cn(S)c1=O. The molecule has 0 aliphatic heterocycles. The van der Waals surface area contributed by atoms with Gasteiger partial charge in [-0.2, -0.15) is 0 Å². The van der Waals surface area contributed by atoms with Gasteiger partial charge in [0, 0.05) is 11.8 Å². The van der Waals surface area contributed by atoms with Crippen LogP contribution < -0.4 is 5.56 Å². The van der Waals surface area contributed by atoms with Crippen LogP contribution in [0.5, 0.6) is 0 Å². The molecule has 0 saturated carbocycles. The normalized spacial score (nSPS) is 10.1. The van der Waals surface area contributed by atoms with Crippen LogP contribution in [0.2, 0.25) is 0 Å². The van der Waals surface area contributed by atoms with Gasteiger partial charge in [-0.15, -0.1) is 0 Å². The lowest BCUT2D eigenvalue weighted by molar-refractivity contribution is 1.02. The van der Waals surface area contributed by atoms with E-state index in [1.54, 1.807) is 6.20 Å². The van der Waals surface area contributed by atoms with Crippen LogP contribution >= 0.6 is 12.8 Å². The summed E-state index contributed by atoms with van der Waals surface area (Å²) in [5.41, 5.74) is 1.87. The molecule has 1 aromatic rings. The second-order valence-electron chi connectivity index (χ2n) is 2.55. The molecule has 0 unspecified atom stereocenters. The topological polar surface area (TPSA) is 22.0 Å². The number of rotatable bonds is 1. The van der Waals surface area contributed by atoms with Gasteiger partial charge in [-0.3, -0.25) is 8.77 Å². The molecule has 0 spiro atoms. The standard InChI is InChI=1S/C8H11NOS/c1-3-7-4-6(2)5-9(11)8(7)10/h4-5,11H,3H2,1-2H3. The lowest BCUT2D eigenvalue weighted by Gasteiger charge is -2.01. The third-order valence-electron chi connectivity index (χ3n) is 1.59. The molecule has 1 aromatic heterocycles. The maximum absolute atomic E-state index is 11.2. The summed E-state index contributed by atoms with van der Waals surface area (Å²) < 4.78 is 1.33. The van der Waals surface area contributed by atoms with Crippen LogP contribution in [0.15, 0.2) is 17.1 Å². The zero-order valence-corrected chi connectivity index (χ0v) is 7.56. The van der Waals surface area contributed by atoms with Crippen molar-refractivity contribution in [1.82, 2.24) is 3.97 Å². The Morgan fingerprint density at radius 3 is 2.82 bits per heavy atom. The Morgan fingerprint density at radius 2 is 2.27 bits per heavy atom. The van der Waals surface area contributed by atoms with Crippen molar-refractivity contribution in [2.24, 2.45) is 0 Å². The second kappa shape index (κ2) is 3.13. The summed E-state index contributed by atoms with van der Waals surface area (Å²) in [7, 11) is 0. The number of thiol groups is 1. The smallest absolute Gasteiger partial charge is 0.263 e. The van der Waals surface area contributed by atoms with Crippen molar-refractivity contribution in [3.63, 3.8) is 0 Å². The van der Waals surface area contributed by atoms with E-state index in [-0.39, 0.29) is 5.56 Å². The minimum atomic E-state index is -0.0126. The molecule has 3 heteroatoms. The fourth-order valence-electron chi connectivity index (χ4n) is 1.03. The lowest BCUT2D eigenvalue weighted by Crippen LogP contribution is -2.17. The van der Waals surface area contributed by atoms with E-state index in [0.29, 0.717) is 0 Å². The number of aromatic nitrogens is 1. The summed E-state index contributed by atoms with van der Waals surface area (Å²) in [6.45, 7) is 3.91. The molecule has 0 radical (unpaired) electrons. The first kappa shape index (κ1) is 8.40. The highest BCUT2D eigenvalue weighted by Crippen LogP contribution is 1.99. The average Bonchev–Trinajstić information content (AvgIpc) is 1.96. The Labute approximate surface area is 71.4 Å². The van der Waals surface area contributed by atoms with Crippen molar-refractivity contribution >= 4 is 12.8 Å². The largest absolute Gasteiger partial charge is 0.268 e. The number of aryl methyl sites for hydroxylation is 2. The quantitative estimate of drug-likeness (QED) is 0.631. The van der Waals surface area contributed by atoms with Crippen molar-refractivity contribution in [3.05, 3.63) is 33.7 Å². The van der Waals surface area contributed by atoms with E-state index in [1.807, 2.05) is 19.9 Å². The van der Waals surface area contributed by atoms with E-state index < -0.39 is 0 Å². The Bertz CT molecular complexity index is 316. The minimum absolute atomic E-state index is 0.0126. The molecule has 60 valence electrons. The maximum atomic E-state index is 11.2. The molecule has 11 heavy (non-hydrogen) atoms. The number of hydrogen-bond donors (Lipinski definition) is 1. The van der Waals surface area contributed by atoms with Gasteiger partial charge in [0.05, 0.1) is 0 Å². The van der Waals surface area contributed by atoms with Gasteiger partial charge in [0.2, 0.25) is 0 Å². The van der Waals surface area contributed by atoms with Crippen molar-refractivity contribution in [3.8, 4) is 0 Å². The lowest BCUT2D eigenvalue weighted by atomic mass is 10.2. The fraction of sp³-hybridized carbons (Fsp3) is 0.375. The molecule has 1 heterocycles. The van der Waals surface area contributed by atoms with Gasteiger partial charge in [-0.25, -0.2) is 0 Å². The van der Waals surface area contributed by atoms with E-state index in [9.17, 15) is 4.79 Å². The molecule has 2 nitrogen and oxygen atoms in total. The molecule has 0 atom stereocenters. The average molecular weight is 169 g/mol. The highest BCUT2D eigenvalue weighted by atomic mass is 32.1. The summed E-state index contributed by atoms with van der Waals surface area (Å²) in [4.78, 5) is 11.2. The van der Waals surface area contributed by atoms with Gasteiger partial charge < -0.3 is 0 Å². The molecule has 0 bridgehead atoms. The Kier molecular flexibility index (Phi) is 2.39. The van der Waals surface area contributed by atoms with Gasteiger partial charge in [-0.1, -0.05) is 19.7 Å². The fourth-order valence-corrected chi connectivity index (χ4v) is 1.34. The van der Waals surface area contributed by atoms with Crippen LogP contribution in [0.1, 0.15) is 18.1 Å². The molecule has 0 N–H and O–H groups in total. The van der Waals surface area contributed by atoms with E-state index >= 15 is 0 Å². The highest BCUT2D eigenvalue weighted by Gasteiger charge is 1.99. The van der Waals surface area contributed by atoms with Crippen LogP contribution in [0.25, 0.3) is 0 Å². The van der Waals surface area contributed by atoms with E-state index in [1.165, 1.54) is 3.97 Å². The van der Waals surface area contributed by atoms with Crippen molar-refractivity contribution in [2.45, 2.75) is 20.3 Å². The molecule has 0 saturated heterocycles. The molecule has 1 rings (SSSR count). The van der Waals surface area contributed by atoms with Crippen LogP contribution in [0, 0.1) is 6.92 Å². The van der Waals surface area contributed by atoms with E-state index in [0.717, 1.165) is 17.5 Å². The van der Waals surface area contributed by atoms with Crippen molar-refractivity contribution < 1.29 is 0 Å². The Hall–Kier alpha value is -0.700. The van der Waals surface area contributed by atoms with Gasteiger partial charge in [0.25, 0.3) is 5.56 Å². The van der Waals surface area contributed by atoms with E-state index in [2.05, 4.69) is 12.8 Å². The predicted molar refractivity (Wildman–Crippen MR) is 49.2 cm³/mol. The molecule has 0 fully saturated rings. The number of nitrogens with zero attached hydrogens (tertiary/aromatic N) is 1. The molecule has 0 aromatic carbocycles. The first-order valence-corrected chi connectivity index (χ1v) is 3.96. The summed E-state index contributed by atoms with van der Waals surface area (Å²) >= 11 is 4.00. The van der Waals surface area contributed by atoms with Crippen molar-refractivity contribution in [1.29, 1.82) is 0 Å². The summed E-state index contributed by atoms with van der Waals surface area (Å²) in [6.07, 6.45) is 2.48. The second-order valence-corrected chi connectivity index (χ2v) is 2.98. The summed E-state index contributed by atoms with van der Waals surface area (Å²) in [5, 5.41) is 0. The predicted octanol–water partition coefficient (Wildman–Crippen LogP) is 1.41. The zero-order chi connectivity index (χ0) is 8.43. The summed E-state index contributed by atoms with van der Waals surface area (Å²) in [6, 6.07) is 1.90. The Morgan fingerprint density at radius 1 is 1.64 bits per heavy atom. The number of hydrogen-bond acceptors (Lipinski definition) is 2. The van der Waals surface area contributed by atoms with E-state index in [4.69, 9.17) is 0 Å². The van der Waals surface area contributed by atoms with Crippen LogP contribution in [0.4, 0.5) is 0 Å². The third kappa shape index (κ3) is 1.66. The maximum Gasteiger partial charge on any atom is 0.263 e. The molecule has 0 aliphatic carbocycles. The number of pyridine rings is 1. The Balaban J connectivity index is 3.37. The van der Waals surface area contributed by atoms with Crippen molar-refractivity contribution in [2.75, 3.05) is 0 Å². The highest BCUT2D eigenvalue weighted by molar-refractivity contribution is 7.78. The minimum Gasteiger partial charge on any atom is -0.268 e. The monoisotopic (exact) mass is 169 g/mol.